The second kappa shape index (κ2) is 10.0. The monoisotopic (exact) mass is 666 g/mol. The third-order valence-corrected chi connectivity index (χ3v) is 11.7. The summed E-state index contributed by atoms with van der Waals surface area (Å²) in [5.41, 5.74) is 10.2. The largest absolute Gasteiger partial charge is 0.309 e. The van der Waals surface area contributed by atoms with Gasteiger partial charge >= 0.3 is 0 Å². The number of thiophene rings is 1. The Morgan fingerprint density at radius 3 is 1.92 bits per heavy atom. The van der Waals surface area contributed by atoms with Gasteiger partial charge in [-0.05, 0) is 36.4 Å². The van der Waals surface area contributed by atoms with Gasteiger partial charge in [-0.25, -0.2) is 9.97 Å². The molecule has 0 N–H and O–H groups in total. The lowest BCUT2D eigenvalue weighted by Gasteiger charge is -2.11. The molecule has 0 aliphatic carbocycles. The molecule has 12 rings (SSSR count). The van der Waals surface area contributed by atoms with Crippen LogP contribution in [0.3, 0.4) is 0 Å². The number of benzene rings is 7. The smallest absolute Gasteiger partial charge is 0.161 e. The van der Waals surface area contributed by atoms with Crippen LogP contribution in [0.1, 0.15) is 0 Å². The maximum Gasteiger partial charge on any atom is 0.161 e. The van der Waals surface area contributed by atoms with Crippen molar-refractivity contribution in [3.8, 4) is 28.3 Å². The summed E-state index contributed by atoms with van der Waals surface area (Å²) < 4.78 is 6.09. The minimum absolute atomic E-state index is 0.734. The van der Waals surface area contributed by atoms with Crippen LogP contribution in [0.5, 0.6) is 0 Å². The van der Waals surface area contributed by atoms with E-state index in [0.29, 0.717) is 0 Å². The van der Waals surface area contributed by atoms with Crippen molar-refractivity contribution in [1.29, 1.82) is 0 Å². The van der Waals surface area contributed by atoms with E-state index in [1.807, 2.05) is 0 Å². The fourth-order valence-corrected chi connectivity index (χ4v) is 9.58. The summed E-state index contributed by atoms with van der Waals surface area (Å²) in [6.07, 6.45) is 0. The molecule has 0 fully saturated rings. The van der Waals surface area contributed by atoms with E-state index in [0.717, 1.165) is 44.1 Å². The van der Waals surface area contributed by atoms with E-state index in [4.69, 9.17) is 9.97 Å². The van der Waals surface area contributed by atoms with Gasteiger partial charge < -0.3 is 8.97 Å². The zero-order valence-electron chi connectivity index (χ0n) is 27.2. The number of rotatable bonds is 3. The van der Waals surface area contributed by atoms with Gasteiger partial charge in [-0.1, -0.05) is 121 Å². The van der Waals surface area contributed by atoms with Crippen molar-refractivity contribution < 1.29 is 0 Å². The first-order valence-electron chi connectivity index (χ1n) is 17.3. The van der Waals surface area contributed by atoms with Crippen LogP contribution >= 0.6 is 11.3 Å². The molecule has 0 bridgehead atoms. The van der Waals surface area contributed by atoms with Crippen molar-refractivity contribution in [3.63, 3.8) is 0 Å². The average Bonchev–Trinajstić information content (AvgIpc) is 3.93. The lowest BCUT2D eigenvalue weighted by molar-refractivity contribution is 1.18. The summed E-state index contributed by atoms with van der Waals surface area (Å²) in [5.74, 6) is 0.734. The summed E-state index contributed by atoms with van der Waals surface area (Å²) in [4.78, 5) is 11.6. The first kappa shape index (κ1) is 27.3. The SMILES string of the molecule is c1ccc(-c2nc(-c3ccc4c5ccccc5n(-c5ccc6c7cccc8c9ccccc9n(c6c5)c87)c4c3)nc3sc4ccccc4c23)cc1. The van der Waals surface area contributed by atoms with Gasteiger partial charge in [-0.2, -0.15) is 0 Å². The third-order valence-electron chi connectivity index (χ3n) is 10.7. The Balaban J connectivity index is 1.13. The van der Waals surface area contributed by atoms with Crippen LogP contribution in [0.2, 0.25) is 0 Å². The van der Waals surface area contributed by atoms with Crippen LogP contribution in [0, 0.1) is 0 Å². The normalized spacial score (nSPS) is 12.3. The lowest BCUT2D eigenvalue weighted by Crippen LogP contribution is -1.96. The van der Waals surface area contributed by atoms with Gasteiger partial charge in [0.25, 0.3) is 0 Å². The van der Waals surface area contributed by atoms with Crippen molar-refractivity contribution in [2.75, 3.05) is 0 Å². The van der Waals surface area contributed by atoms with E-state index in [9.17, 15) is 0 Å². The lowest BCUT2D eigenvalue weighted by atomic mass is 10.1. The van der Waals surface area contributed by atoms with Crippen LogP contribution < -0.4 is 0 Å². The van der Waals surface area contributed by atoms with Crippen LogP contribution in [0.15, 0.2) is 158 Å². The molecule has 0 aliphatic heterocycles. The zero-order chi connectivity index (χ0) is 33.2. The summed E-state index contributed by atoms with van der Waals surface area (Å²) >= 11 is 1.73. The highest BCUT2D eigenvalue weighted by molar-refractivity contribution is 7.25. The number of hydrogen-bond donors (Lipinski definition) is 0. The fourth-order valence-electron chi connectivity index (χ4n) is 8.50. The average molecular weight is 667 g/mol. The number of nitrogens with zero attached hydrogens (tertiary/aromatic N) is 4. The minimum atomic E-state index is 0.734. The van der Waals surface area contributed by atoms with Crippen molar-refractivity contribution in [1.82, 2.24) is 18.9 Å². The highest BCUT2D eigenvalue weighted by atomic mass is 32.1. The topological polar surface area (TPSA) is 35.1 Å². The molecule has 4 nitrogen and oxygen atoms in total. The molecule has 0 saturated carbocycles. The first-order chi connectivity index (χ1) is 25.3. The Kier molecular flexibility index (Phi) is 5.35. The van der Waals surface area contributed by atoms with Crippen LogP contribution in [-0.4, -0.2) is 18.9 Å². The molecule has 0 unspecified atom stereocenters. The van der Waals surface area contributed by atoms with Crippen molar-refractivity contribution in [3.05, 3.63) is 158 Å². The van der Waals surface area contributed by atoms with Gasteiger partial charge in [0.15, 0.2) is 5.82 Å². The highest BCUT2D eigenvalue weighted by Crippen LogP contribution is 2.42. The predicted octanol–water partition coefficient (Wildman–Crippen LogP) is 12.4. The molecule has 5 heterocycles. The van der Waals surface area contributed by atoms with Gasteiger partial charge in [0, 0.05) is 64.6 Å². The predicted molar refractivity (Wildman–Crippen MR) is 215 cm³/mol. The molecule has 0 amide bonds. The fraction of sp³-hybridized carbons (Fsp3) is 0. The van der Waals surface area contributed by atoms with E-state index in [1.165, 1.54) is 64.5 Å². The molecule has 5 aromatic heterocycles. The molecular formula is C46H26N4S. The number of hydrogen-bond acceptors (Lipinski definition) is 3. The van der Waals surface area contributed by atoms with E-state index in [1.54, 1.807) is 11.3 Å². The maximum absolute atomic E-state index is 5.32. The Bertz CT molecular complexity index is 3370. The number of para-hydroxylation sites is 3. The Hall–Kier alpha value is -6.56. The summed E-state index contributed by atoms with van der Waals surface area (Å²) in [6.45, 7) is 0. The Morgan fingerprint density at radius 1 is 0.431 bits per heavy atom. The van der Waals surface area contributed by atoms with Crippen LogP contribution in [-0.2, 0) is 0 Å². The van der Waals surface area contributed by atoms with Gasteiger partial charge in [-0.15, -0.1) is 11.3 Å². The van der Waals surface area contributed by atoms with Crippen LogP contribution in [0.25, 0.3) is 109 Å². The quantitative estimate of drug-likeness (QED) is 0.188. The molecule has 236 valence electrons. The minimum Gasteiger partial charge on any atom is -0.309 e. The number of fused-ring (bicyclic) bond motifs is 12. The second-order valence-electron chi connectivity index (χ2n) is 13.4. The van der Waals surface area contributed by atoms with E-state index in [-0.39, 0.29) is 0 Å². The molecule has 0 aliphatic rings. The summed E-state index contributed by atoms with van der Waals surface area (Å²) in [7, 11) is 0. The molecule has 0 atom stereocenters. The maximum atomic E-state index is 5.32. The van der Waals surface area contributed by atoms with Gasteiger partial charge in [0.2, 0.25) is 0 Å². The third kappa shape index (κ3) is 3.68. The van der Waals surface area contributed by atoms with Crippen molar-refractivity contribution in [2.45, 2.75) is 0 Å². The Labute approximate surface area is 295 Å². The molecular weight excluding hydrogens is 641 g/mol. The first-order valence-corrected chi connectivity index (χ1v) is 18.1. The van der Waals surface area contributed by atoms with Crippen LogP contribution in [0.4, 0.5) is 0 Å². The van der Waals surface area contributed by atoms with Crippen molar-refractivity contribution >= 4 is 91.5 Å². The summed E-state index contributed by atoms with van der Waals surface area (Å²) in [6, 6.07) is 56.9. The number of aromatic nitrogens is 4. The molecule has 51 heavy (non-hydrogen) atoms. The molecule has 0 saturated heterocycles. The molecule has 7 aromatic carbocycles. The van der Waals surface area contributed by atoms with E-state index in [2.05, 4.69) is 167 Å². The van der Waals surface area contributed by atoms with Gasteiger partial charge in [0.1, 0.15) is 4.83 Å². The molecule has 12 aromatic rings. The molecule has 0 spiro atoms. The summed E-state index contributed by atoms with van der Waals surface area (Å²) in [5, 5.41) is 9.89. The molecule has 5 heteroatoms. The standard InChI is InChI=1S/C46H26N4S/c1-2-11-27(12-3-1)43-42-36-15-6-9-20-41(36)51-46(42)48-45(47-43)28-21-23-32-30-13-4-7-18-37(30)49(39(32)25-28)29-22-24-33-35-17-10-16-34-31-14-5-8-19-38(31)50(44(34)35)40(33)26-29/h1-26H. The van der Waals surface area contributed by atoms with E-state index >= 15 is 0 Å². The highest BCUT2D eigenvalue weighted by Gasteiger charge is 2.21. The van der Waals surface area contributed by atoms with Gasteiger partial charge in [-0.3, -0.25) is 0 Å². The second-order valence-corrected chi connectivity index (χ2v) is 14.4. The van der Waals surface area contributed by atoms with Gasteiger partial charge in [0.05, 0.1) is 33.3 Å². The Morgan fingerprint density at radius 2 is 1.08 bits per heavy atom. The molecule has 0 radical (unpaired) electrons. The van der Waals surface area contributed by atoms with Crippen molar-refractivity contribution in [2.24, 2.45) is 0 Å². The zero-order valence-corrected chi connectivity index (χ0v) is 28.0. The van der Waals surface area contributed by atoms with E-state index < -0.39 is 0 Å².